The Morgan fingerprint density at radius 2 is 1.80 bits per heavy atom. The number of benzene rings is 2. The number of carbonyl (C=O) groups is 1. The van der Waals surface area contributed by atoms with E-state index in [0.717, 1.165) is 16.4 Å². The van der Waals surface area contributed by atoms with E-state index < -0.39 is 0 Å². The van der Waals surface area contributed by atoms with Crippen molar-refractivity contribution in [3.8, 4) is 11.3 Å². The van der Waals surface area contributed by atoms with Gasteiger partial charge in [0.2, 0.25) is 5.91 Å². The highest BCUT2D eigenvalue weighted by Gasteiger charge is 2.13. The number of hydrogen-bond acceptors (Lipinski definition) is 3. The molecule has 0 aliphatic carbocycles. The summed E-state index contributed by atoms with van der Waals surface area (Å²) < 4.78 is 1.97. The molecule has 2 aromatic carbocycles. The lowest BCUT2D eigenvalue weighted by Crippen LogP contribution is -2.15. The van der Waals surface area contributed by atoms with Crippen molar-refractivity contribution in [2.45, 2.75) is 5.16 Å². The highest BCUT2D eigenvalue weighted by molar-refractivity contribution is 7.99. The van der Waals surface area contributed by atoms with Gasteiger partial charge in [-0.1, -0.05) is 71.4 Å². The summed E-state index contributed by atoms with van der Waals surface area (Å²) in [5.74, 6) is 0.0185. The number of para-hydroxylation sites is 1. The third kappa shape index (κ3) is 4.18. The number of amides is 1. The predicted octanol–water partition coefficient (Wildman–Crippen LogP) is 5.12. The molecule has 0 radical (unpaired) electrons. The lowest BCUT2D eigenvalue weighted by atomic mass is 10.2. The molecular formula is C18H15Cl2N3OS. The van der Waals surface area contributed by atoms with Crippen LogP contribution in [0.1, 0.15) is 0 Å². The minimum Gasteiger partial charge on any atom is -0.323 e. The van der Waals surface area contributed by atoms with E-state index in [0.29, 0.717) is 15.7 Å². The number of carbonyl (C=O) groups excluding carboxylic acids is 1. The molecule has 3 rings (SSSR count). The Labute approximate surface area is 160 Å². The molecule has 1 aromatic heterocycles. The summed E-state index contributed by atoms with van der Waals surface area (Å²) in [6.45, 7) is 0. The van der Waals surface area contributed by atoms with E-state index in [2.05, 4.69) is 10.3 Å². The maximum absolute atomic E-state index is 12.2. The van der Waals surface area contributed by atoms with Crippen molar-refractivity contribution in [1.82, 2.24) is 9.55 Å². The van der Waals surface area contributed by atoms with E-state index in [1.165, 1.54) is 11.8 Å². The standard InChI is InChI=1S/C18H15Cl2N3OS/c1-23-15(12-6-3-2-4-7-12)10-21-18(23)25-11-16(24)22-17-13(19)8-5-9-14(17)20/h2-10H,11H2,1H3,(H,22,24). The van der Waals surface area contributed by atoms with E-state index in [9.17, 15) is 4.79 Å². The maximum atomic E-state index is 12.2. The largest absolute Gasteiger partial charge is 0.323 e. The first-order valence-electron chi connectivity index (χ1n) is 7.50. The second-order valence-electron chi connectivity index (χ2n) is 5.28. The summed E-state index contributed by atoms with van der Waals surface area (Å²) in [5, 5.41) is 4.33. The fraction of sp³-hybridized carbons (Fsp3) is 0.111. The van der Waals surface area contributed by atoms with Gasteiger partial charge in [-0.25, -0.2) is 4.98 Å². The normalized spacial score (nSPS) is 10.7. The number of imidazole rings is 1. The minimum absolute atomic E-state index is 0.190. The topological polar surface area (TPSA) is 46.9 Å². The fourth-order valence-corrected chi connectivity index (χ4v) is 3.57. The average Bonchev–Trinajstić information content (AvgIpc) is 2.98. The Morgan fingerprint density at radius 3 is 2.48 bits per heavy atom. The van der Waals surface area contributed by atoms with Crippen molar-refractivity contribution in [3.05, 3.63) is 64.8 Å². The number of hydrogen-bond donors (Lipinski definition) is 1. The highest BCUT2D eigenvalue weighted by atomic mass is 35.5. The third-order valence-corrected chi connectivity index (χ3v) is 5.25. The van der Waals surface area contributed by atoms with Gasteiger partial charge in [0.1, 0.15) is 0 Å². The average molecular weight is 392 g/mol. The molecule has 0 spiro atoms. The molecule has 3 aromatic rings. The maximum Gasteiger partial charge on any atom is 0.234 e. The van der Waals surface area contributed by atoms with Gasteiger partial charge in [-0.2, -0.15) is 0 Å². The number of nitrogens with one attached hydrogen (secondary N) is 1. The number of anilines is 1. The second kappa shape index (κ2) is 7.95. The molecular weight excluding hydrogens is 377 g/mol. The van der Waals surface area contributed by atoms with Crippen molar-refractivity contribution in [2.24, 2.45) is 7.05 Å². The molecule has 0 unspecified atom stereocenters. The van der Waals surface area contributed by atoms with Crippen molar-refractivity contribution >= 4 is 46.6 Å². The summed E-state index contributed by atoms with van der Waals surface area (Å²) >= 11 is 13.5. The molecule has 25 heavy (non-hydrogen) atoms. The summed E-state index contributed by atoms with van der Waals surface area (Å²) in [6.07, 6.45) is 1.81. The Morgan fingerprint density at radius 1 is 1.12 bits per heavy atom. The smallest absolute Gasteiger partial charge is 0.234 e. The second-order valence-corrected chi connectivity index (χ2v) is 7.04. The van der Waals surface area contributed by atoms with E-state index in [4.69, 9.17) is 23.2 Å². The fourth-order valence-electron chi connectivity index (χ4n) is 2.33. The van der Waals surface area contributed by atoms with E-state index in [-0.39, 0.29) is 11.7 Å². The Balaban J connectivity index is 1.66. The number of nitrogens with zero attached hydrogens (tertiary/aromatic N) is 2. The molecule has 0 aliphatic rings. The molecule has 0 atom stereocenters. The summed E-state index contributed by atoms with van der Waals surface area (Å²) in [5.41, 5.74) is 2.51. The molecule has 1 N–H and O–H groups in total. The van der Waals surface area contributed by atoms with Crippen molar-refractivity contribution in [2.75, 3.05) is 11.1 Å². The number of rotatable bonds is 5. The van der Waals surface area contributed by atoms with E-state index in [1.807, 2.05) is 41.9 Å². The minimum atomic E-state index is -0.190. The van der Waals surface area contributed by atoms with Crippen LogP contribution in [0.2, 0.25) is 10.0 Å². The summed E-state index contributed by atoms with van der Waals surface area (Å²) in [4.78, 5) is 16.6. The van der Waals surface area contributed by atoms with Crippen LogP contribution in [-0.2, 0) is 11.8 Å². The lowest BCUT2D eigenvalue weighted by Gasteiger charge is -2.09. The van der Waals surface area contributed by atoms with Gasteiger partial charge in [0, 0.05) is 7.05 Å². The van der Waals surface area contributed by atoms with Gasteiger partial charge in [-0.3, -0.25) is 4.79 Å². The number of aromatic nitrogens is 2. The van der Waals surface area contributed by atoms with E-state index >= 15 is 0 Å². The van der Waals surface area contributed by atoms with E-state index in [1.54, 1.807) is 24.4 Å². The molecule has 7 heteroatoms. The molecule has 0 fully saturated rings. The van der Waals surface area contributed by atoms with Gasteiger partial charge in [-0.15, -0.1) is 0 Å². The Bertz CT molecular complexity index is 876. The van der Waals surface area contributed by atoms with Crippen LogP contribution in [0.15, 0.2) is 59.9 Å². The van der Waals surface area contributed by atoms with Gasteiger partial charge in [-0.05, 0) is 17.7 Å². The zero-order chi connectivity index (χ0) is 17.8. The Hall–Kier alpha value is -1.95. The van der Waals surface area contributed by atoms with Crippen LogP contribution in [-0.4, -0.2) is 21.2 Å². The zero-order valence-electron chi connectivity index (χ0n) is 13.4. The van der Waals surface area contributed by atoms with Crippen LogP contribution in [0.25, 0.3) is 11.3 Å². The van der Waals surface area contributed by atoms with Gasteiger partial charge < -0.3 is 9.88 Å². The third-order valence-electron chi connectivity index (χ3n) is 3.57. The first-order valence-corrected chi connectivity index (χ1v) is 9.24. The SMILES string of the molecule is Cn1c(-c2ccccc2)cnc1SCC(=O)Nc1c(Cl)cccc1Cl. The van der Waals surface area contributed by atoms with Gasteiger partial charge in [0.15, 0.2) is 5.16 Å². The molecule has 1 heterocycles. The first kappa shape index (κ1) is 17.9. The van der Waals surface area contributed by atoms with Crippen LogP contribution < -0.4 is 5.32 Å². The van der Waals surface area contributed by atoms with Gasteiger partial charge in [0.05, 0.1) is 33.4 Å². The monoisotopic (exact) mass is 391 g/mol. The number of halogens is 2. The molecule has 4 nitrogen and oxygen atoms in total. The van der Waals surface area contributed by atoms with Crippen molar-refractivity contribution < 1.29 is 4.79 Å². The number of thioether (sulfide) groups is 1. The van der Waals surface area contributed by atoms with Gasteiger partial charge in [0.25, 0.3) is 0 Å². The summed E-state index contributed by atoms with van der Waals surface area (Å²) in [7, 11) is 1.93. The van der Waals surface area contributed by atoms with Crippen LogP contribution in [0.5, 0.6) is 0 Å². The highest BCUT2D eigenvalue weighted by Crippen LogP contribution is 2.30. The van der Waals surface area contributed by atoms with Crippen LogP contribution in [0, 0.1) is 0 Å². The van der Waals surface area contributed by atoms with Crippen LogP contribution >= 0.6 is 35.0 Å². The zero-order valence-corrected chi connectivity index (χ0v) is 15.7. The van der Waals surface area contributed by atoms with Crippen LogP contribution in [0.3, 0.4) is 0 Å². The Kier molecular flexibility index (Phi) is 5.68. The first-order chi connectivity index (χ1) is 12.1. The molecule has 0 bridgehead atoms. The molecule has 0 saturated carbocycles. The summed E-state index contributed by atoms with van der Waals surface area (Å²) in [6, 6.07) is 15.1. The predicted molar refractivity (Wildman–Crippen MR) is 104 cm³/mol. The quantitative estimate of drug-likeness (QED) is 0.613. The lowest BCUT2D eigenvalue weighted by molar-refractivity contribution is -0.113. The molecule has 128 valence electrons. The van der Waals surface area contributed by atoms with Crippen LogP contribution in [0.4, 0.5) is 5.69 Å². The van der Waals surface area contributed by atoms with Crippen molar-refractivity contribution in [1.29, 1.82) is 0 Å². The molecule has 1 amide bonds. The van der Waals surface area contributed by atoms with Crippen molar-refractivity contribution in [3.63, 3.8) is 0 Å². The molecule has 0 aliphatic heterocycles. The van der Waals surface area contributed by atoms with Gasteiger partial charge >= 0.3 is 0 Å². The molecule has 0 saturated heterocycles.